The third-order valence-corrected chi connectivity index (χ3v) is 9.10. The Kier molecular flexibility index (Phi) is 9.71. The molecule has 4 rings (SSSR count). The molecule has 1 atom stereocenters. The summed E-state index contributed by atoms with van der Waals surface area (Å²) in [6.45, 7) is 0.933. The Hall–Kier alpha value is -3.14. The molecule has 40 heavy (non-hydrogen) atoms. The predicted molar refractivity (Wildman–Crippen MR) is 154 cm³/mol. The number of amides is 2. The second-order valence-corrected chi connectivity index (χ2v) is 12.5. The van der Waals surface area contributed by atoms with E-state index in [1.807, 2.05) is 0 Å². The number of rotatable bonds is 10. The molecule has 212 valence electrons. The van der Waals surface area contributed by atoms with Crippen LogP contribution in [0.4, 0.5) is 10.1 Å². The minimum Gasteiger partial charge on any atom is -0.352 e. The van der Waals surface area contributed by atoms with E-state index in [1.165, 1.54) is 59.5 Å². The summed E-state index contributed by atoms with van der Waals surface area (Å²) in [5, 5.41) is 3.39. The number of carbonyl (C=O) groups is 2. The Labute approximate surface area is 243 Å². The van der Waals surface area contributed by atoms with E-state index in [0.29, 0.717) is 5.56 Å². The van der Waals surface area contributed by atoms with Crippen LogP contribution in [0.3, 0.4) is 0 Å². The lowest BCUT2D eigenvalue weighted by Gasteiger charge is -2.32. The monoisotopic (exact) mass is 605 g/mol. The number of nitrogens with zero attached hydrogens (tertiary/aromatic N) is 2. The van der Waals surface area contributed by atoms with Gasteiger partial charge in [0.1, 0.15) is 18.4 Å². The maximum Gasteiger partial charge on any atom is 0.264 e. The van der Waals surface area contributed by atoms with E-state index in [1.54, 1.807) is 25.1 Å². The average molecular weight is 607 g/mol. The van der Waals surface area contributed by atoms with Crippen LogP contribution < -0.4 is 9.62 Å². The molecule has 1 aliphatic rings. The van der Waals surface area contributed by atoms with Gasteiger partial charge >= 0.3 is 0 Å². The highest BCUT2D eigenvalue weighted by Gasteiger charge is 2.33. The van der Waals surface area contributed by atoms with Crippen molar-refractivity contribution in [2.75, 3.05) is 10.8 Å². The number of nitrogens with one attached hydrogen (secondary N) is 1. The zero-order valence-electron chi connectivity index (χ0n) is 21.9. The van der Waals surface area contributed by atoms with Gasteiger partial charge < -0.3 is 10.2 Å². The van der Waals surface area contributed by atoms with Crippen LogP contribution in [0.1, 0.15) is 38.2 Å². The van der Waals surface area contributed by atoms with Gasteiger partial charge in [-0.3, -0.25) is 13.9 Å². The van der Waals surface area contributed by atoms with Gasteiger partial charge in [-0.2, -0.15) is 0 Å². The molecule has 11 heteroatoms. The second-order valence-electron chi connectivity index (χ2n) is 9.77. The molecule has 3 aromatic carbocycles. The number of sulfonamides is 1. The van der Waals surface area contributed by atoms with Crippen molar-refractivity contribution in [2.45, 2.75) is 56.1 Å². The second kappa shape index (κ2) is 13.0. The molecule has 1 saturated carbocycles. The van der Waals surface area contributed by atoms with Crippen molar-refractivity contribution in [3.8, 4) is 0 Å². The van der Waals surface area contributed by atoms with E-state index in [2.05, 4.69) is 5.32 Å². The third kappa shape index (κ3) is 7.33. The molecule has 0 heterocycles. The predicted octanol–water partition coefficient (Wildman–Crippen LogP) is 5.80. The van der Waals surface area contributed by atoms with Crippen LogP contribution >= 0.6 is 23.2 Å². The first-order valence-electron chi connectivity index (χ1n) is 12.9. The maximum atomic E-state index is 13.9. The van der Waals surface area contributed by atoms with E-state index in [4.69, 9.17) is 23.2 Å². The van der Waals surface area contributed by atoms with Crippen molar-refractivity contribution < 1.29 is 22.4 Å². The van der Waals surface area contributed by atoms with Crippen LogP contribution in [0, 0.1) is 5.82 Å². The Morgan fingerprint density at radius 3 is 2.17 bits per heavy atom. The first-order valence-corrected chi connectivity index (χ1v) is 15.1. The largest absolute Gasteiger partial charge is 0.352 e. The lowest BCUT2D eigenvalue weighted by Crippen LogP contribution is -2.52. The number of hydrogen-bond donors (Lipinski definition) is 1. The van der Waals surface area contributed by atoms with Crippen molar-refractivity contribution in [3.63, 3.8) is 0 Å². The summed E-state index contributed by atoms with van der Waals surface area (Å²) < 4.78 is 42.1. The molecule has 0 saturated heterocycles. The molecule has 1 fully saturated rings. The van der Waals surface area contributed by atoms with Crippen LogP contribution in [0.5, 0.6) is 0 Å². The highest BCUT2D eigenvalue weighted by atomic mass is 35.5. The topological polar surface area (TPSA) is 86.8 Å². The zero-order chi connectivity index (χ0) is 28.9. The Morgan fingerprint density at radius 2 is 1.57 bits per heavy atom. The summed E-state index contributed by atoms with van der Waals surface area (Å²) in [6, 6.07) is 16.6. The number of hydrogen-bond acceptors (Lipinski definition) is 4. The highest BCUT2D eigenvalue weighted by molar-refractivity contribution is 7.92. The average Bonchev–Trinajstić information content (AvgIpc) is 3.43. The zero-order valence-corrected chi connectivity index (χ0v) is 24.2. The summed E-state index contributed by atoms with van der Waals surface area (Å²) in [5.41, 5.74) is 0.679. The Bertz CT molecular complexity index is 1430. The van der Waals surface area contributed by atoms with Crippen LogP contribution in [0.2, 0.25) is 10.0 Å². The van der Waals surface area contributed by atoms with Crippen LogP contribution in [-0.2, 0) is 26.2 Å². The maximum absolute atomic E-state index is 13.9. The SMILES string of the molecule is C[C@H](C(=O)NC1CCCC1)N(Cc1ccc(F)cc1)C(=O)CN(c1cc(Cl)cc(Cl)c1)S(=O)(=O)c1ccccc1. The molecule has 1 N–H and O–H groups in total. The molecule has 3 aromatic rings. The summed E-state index contributed by atoms with van der Waals surface area (Å²) in [4.78, 5) is 28.4. The number of anilines is 1. The Morgan fingerprint density at radius 1 is 0.975 bits per heavy atom. The molecular weight excluding hydrogens is 576 g/mol. The molecule has 0 aliphatic heterocycles. The molecule has 7 nitrogen and oxygen atoms in total. The van der Waals surface area contributed by atoms with Gasteiger partial charge in [0.25, 0.3) is 10.0 Å². The van der Waals surface area contributed by atoms with E-state index in [0.717, 1.165) is 30.0 Å². The lowest BCUT2D eigenvalue weighted by atomic mass is 10.1. The van der Waals surface area contributed by atoms with Gasteiger partial charge in [0.05, 0.1) is 10.6 Å². The fourth-order valence-corrected chi connectivity index (χ4v) is 6.63. The van der Waals surface area contributed by atoms with Crippen molar-refractivity contribution in [1.29, 1.82) is 0 Å². The van der Waals surface area contributed by atoms with Gasteiger partial charge in [-0.05, 0) is 67.8 Å². The first-order chi connectivity index (χ1) is 19.0. The summed E-state index contributed by atoms with van der Waals surface area (Å²) in [5.74, 6) is -1.41. The molecule has 0 unspecified atom stereocenters. The van der Waals surface area contributed by atoms with Gasteiger partial charge in [-0.1, -0.05) is 66.4 Å². The normalized spacial score (nSPS) is 14.5. The summed E-state index contributed by atoms with van der Waals surface area (Å²) in [7, 11) is -4.24. The lowest BCUT2D eigenvalue weighted by molar-refractivity contribution is -0.139. The molecule has 0 radical (unpaired) electrons. The highest BCUT2D eigenvalue weighted by Crippen LogP contribution is 2.30. The van der Waals surface area contributed by atoms with E-state index >= 15 is 0 Å². The molecule has 0 aromatic heterocycles. The minimum absolute atomic E-state index is 0.0290. The van der Waals surface area contributed by atoms with Crippen molar-refractivity contribution in [2.24, 2.45) is 0 Å². The third-order valence-electron chi connectivity index (χ3n) is 6.88. The van der Waals surface area contributed by atoms with E-state index in [9.17, 15) is 22.4 Å². The number of carbonyl (C=O) groups excluding carboxylic acids is 2. The minimum atomic E-state index is -4.24. The summed E-state index contributed by atoms with van der Waals surface area (Å²) in [6.07, 6.45) is 3.77. The quantitative estimate of drug-likeness (QED) is 0.316. The molecule has 0 bridgehead atoms. The van der Waals surface area contributed by atoms with Gasteiger partial charge in [0.2, 0.25) is 11.8 Å². The number of benzene rings is 3. The first kappa shape index (κ1) is 29.8. The van der Waals surface area contributed by atoms with Crippen LogP contribution in [0.15, 0.2) is 77.7 Å². The van der Waals surface area contributed by atoms with Crippen molar-refractivity contribution in [3.05, 3.63) is 94.2 Å². The smallest absolute Gasteiger partial charge is 0.264 e. The molecular formula is C29H30Cl2FN3O4S. The molecule has 0 spiro atoms. The van der Waals surface area contributed by atoms with E-state index < -0.39 is 34.3 Å². The molecule has 2 amide bonds. The molecule has 1 aliphatic carbocycles. The summed E-state index contributed by atoms with van der Waals surface area (Å²) >= 11 is 12.4. The van der Waals surface area contributed by atoms with E-state index in [-0.39, 0.29) is 39.1 Å². The van der Waals surface area contributed by atoms with Crippen molar-refractivity contribution >= 4 is 50.7 Å². The van der Waals surface area contributed by atoms with Crippen LogP contribution in [-0.4, -0.2) is 43.8 Å². The Balaban J connectivity index is 1.69. The van der Waals surface area contributed by atoms with Gasteiger partial charge in [0.15, 0.2) is 0 Å². The van der Waals surface area contributed by atoms with Crippen molar-refractivity contribution in [1.82, 2.24) is 10.2 Å². The van der Waals surface area contributed by atoms with Gasteiger partial charge in [0, 0.05) is 22.6 Å². The fourth-order valence-electron chi connectivity index (χ4n) is 4.69. The fraction of sp³-hybridized carbons (Fsp3) is 0.310. The van der Waals surface area contributed by atoms with Gasteiger partial charge in [-0.15, -0.1) is 0 Å². The number of halogens is 3. The van der Waals surface area contributed by atoms with Gasteiger partial charge in [-0.25, -0.2) is 12.8 Å². The standard InChI is InChI=1S/C29H30Cl2FN3O4S/c1-20(29(37)33-25-7-5-6-8-25)34(18-21-11-13-24(32)14-12-21)28(36)19-35(26-16-22(30)15-23(31)17-26)40(38,39)27-9-3-2-4-10-27/h2-4,9-17,20,25H,5-8,18-19H2,1H3,(H,33,37)/t20-/m1/s1. The van der Waals surface area contributed by atoms with Crippen LogP contribution in [0.25, 0.3) is 0 Å².